The van der Waals surface area contributed by atoms with Crippen LogP contribution in [-0.4, -0.2) is 18.0 Å². The zero-order valence-corrected chi connectivity index (χ0v) is 10.5. The van der Waals surface area contributed by atoms with E-state index in [2.05, 4.69) is 12.2 Å². The summed E-state index contributed by atoms with van der Waals surface area (Å²) < 4.78 is 0. The Balaban J connectivity index is 1.97. The molecule has 0 heterocycles. The monoisotopic (exact) mass is 224 g/mol. The molecular formula is C13H24N2O. The number of rotatable bonds is 2. The summed E-state index contributed by atoms with van der Waals surface area (Å²) in [6.07, 6.45) is 6.65. The second kappa shape index (κ2) is 4.36. The standard InChI is InChI=1S/C13H24N2O/c1-9-5-3-6-10(9)15-12(16)13(2)8-4-7-11(13)14/h9-11H,3-8,14H2,1-2H3,(H,15,16). The molecule has 4 atom stereocenters. The molecule has 0 saturated heterocycles. The van der Waals surface area contributed by atoms with Crippen molar-refractivity contribution < 1.29 is 4.79 Å². The van der Waals surface area contributed by atoms with Crippen molar-refractivity contribution in [2.45, 2.75) is 64.5 Å². The second-order valence-corrected chi connectivity index (χ2v) is 5.90. The average Bonchev–Trinajstić information content (AvgIpc) is 2.77. The van der Waals surface area contributed by atoms with Crippen LogP contribution in [0.4, 0.5) is 0 Å². The van der Waals surface area contributed by atoms with Gasteiger partial charge in [-0.1, -0.05) is 19.8 Å². The third-order valence-corrected chi connectivity index (χ3v) is 4.73. The number of carbonyl (C=O) groups excluding carboxylic acids is 1. The van der Waals surface area contributed by atoms with Crippen molar-refractivity contribution in [3.8, 4) is 0 Å². The molecule has 3 N–H and O–H groups in total. The molecule has 3 heteroatoms. The molecule has 0 radical (unpaired) electrons. The van der Waals surface area contributed by atoms with E-state index in [9.17, 15) is 4.79 Å². The highest BCUT2D eigenvalue weighted by Crippen LogP contribution is 2.37. The van der Waals surface area contributed by atoms with Crippen molar-refractivity contribution in [2.75, 3.05) is 0 Å². The molecule has 2 rings (SSSR count). The Morgan fingerprint density at radius 2 is 2.06 bits per heavy atom. The van der Waals surface area contributed by atoms with Gasteiger partial charge in [0.15, 0.2) is 0 Å². The molecule has 2 aliphatic rings. The molecule has 16 heavy (non-hydrogen) atoms. The third kappa shape index (κ3) is 1.97. The van der Waals surface area contributed by atoms with Crippen LogP contribution in [0.1, 0.15) is 52.4 Å². The van der Waals surface area contributed by atoms with Crippen LogP contribution in [0, 0.1) is 11.3 Å². The molecule has 92 valence electrons. The van der Waals surface area contributed by atoms with Crippen LogP contribution in [-0.2, 0) is 4.79 Å². The van der Waals surface area contributed by atoms with Crippen LogP contribution >= 0.6 is 0 Å². The van der Waals surface area contributed by atoms with E-state index in [1.807, 2.05) is 6.92 Å². The molecule has 0 aliphatic heterocycles. The van der Waals surface area contributed by atoms with Gasteiger partial charge in [0.05, 0.1) is 5.41 Å². The van der Waals surface area contributed by atoms with E-state index < -0.39 is 0 Å². The van der Waals surface area contributed by atoms with Crippen molar-refractivity contribution in [2.24, 2.45) is 17.1 Å². The van der Waals surface area contributed by atoms with E-state index in [0.717, 1.165) is 25.7 Å². The summed E-state index contributed by atoms with van der Waals surface area (Å²) in [7, 11) is 0. The van der Waals surface area contributed by atoms with E-state index in [0.29, 0.717) is 12.0 Å². The van der Waals surface area contributed by atoms with Crippen LogP contribution in [0.2, 0.25) is 0 Å². The Morgan fingerprint density at radius 3 is 2.56 bits per heavy atom. The Bertz CT molecular complexity index is 279. The van der Waals surface area contributed by atoms with Gasteiger partial charge in [-0.25, -0.2) is 0 Å². The van der Waals surface area contributed by atoms with Gasteiger partial charge in [-0.15, -0.1) is 0 Å². The Hall–Kier alpha value is -0.570. The number of carbonyl (C=O) groups is 1. The predicted molar refractivity (Wildman–Crippen MR) is 64.9 cm³/mol. The molecule has 4 unspecified atom stereocenters. The highest BCUT2D eigenvalue weighted by Gasteiger charge is 2.44. The van der Waals surface area contributed by atoms with Crippen molar-refractivity contribution in [3.05, 3.63) is 0 Å². The van der Waals surface area contributed by atoms with Gasteiger partial charge in [0.1, 0.15) is 0 Å². The van der Waals surface area contributed by atoms with E-state index in [1.54, 1.807) is 0 Å². The highest BCUT2D eigenvalue weighted by molar-refractivity contribution is 5.83. The minimum absolute atomic E-state index is 0.0456. The third-order valence-electron chi connectivity index (χ3n) is 4.73. The van der Waals surface area contributed by atoms with Gasteiger partial charge < -0.3 is 11.1 Å². The van der Waals surface area contributed by atoms with Gasteiger partial charge in [-0.05, 0) is 38.5 Å². The number of hydrogen-bond acceptors (Lipinski definition) is 2. The lowest BCUT2D eigenvalue weighted by Gasteiger charge is -2.30. The first-order valence-corrected chi connectivity index (χ1v) is 6.60. The first kappa shape index (κ1) is 11.9. The van der Waals surface area contributed by atoms with Gasteiger partial charge in [-0.2, -0.15) is 0 Å². The fourth-order valence-corrected chi connectivity index (χ4v) is 3.17. The quantitative estimate of drug-likeness (QED) is 0.751. The summed E-state index contributed by atoms with van der Waals surface area (Å²) in [6.45, 7) is 4.26. The summed E-state index contributed by atoms with van der Waals surface area (Å²) in [6, 6.07) is 0.432. The lowest BCUT2D eigenvalue weighted by Crippen LogP contribution is -2.50. The van der Waals surface area contributed by atoms with Crippen LogP contribution < -0.4 is 11.1 Å². The average molecular weight is 224 g/mol. The zero-order chi connectivity index (χ0) is 11.8. The van der Waals surface area contributed by atoms with Gasteiger partial charge in [-0.3, -0.25) is 4.79 Å². The molecule has 2 aliphatic carbocycles. The number of amides is 1. The van der Waals surface area contributed by atoms with Crippen molar-refractivity contribution >= 4 is 5.91 Å². The fourth-order valence-electron chi connectivity index (χ4n) is 3.17. The number of hydrogen-bond donors (Lipinski definition) is 2. The van der Waals surface area contributed by atoms with Crippen LogP contribution in [0.25, 0.3) is 0 Å². The summed E-state index contributed by atoms with van der Waals surface area (Å²) in [5.74, 6) is 0.821. The SMILES string of the molecule is CC1CCCC1NC(=O)C1(C)CCCC1N. The zero-order valence-electron chi connectivity index (χ0n) is 10.5. The lowest BCUT2D eigenvalue weighted by molar-refractivity contribution is -0.131. The maximum atomic E-state index is 12.3. The molecule has 3 nitrogen and oxygen atoms in total. The number of nitrogens with two attached hydrogens (primary N) is 1. The Kier molecular flexibility index (Phi) is 3.24. The highest BCUT2D eigenvalue weighted by atomic mass is 16.2. The van der Waals surface area contributed by atoms with E-state index in [-0.39, 0.29) is 17.4 Å². The van der Waals surface area contributed by atoms with Crippen molar-refractivity contribution in [1.82, 2.24) is 5.32 Å². The Labute approximate surface area is 98.2 Å². The maximum absolute atomic E-state index is 12.3. The number of nitrogens with one attached hydrogen (secondary N) is 1. The largest absolute Gasteiger partial charge is 0.353 e. The van der Waals surface area contributed by atoms with Gasteiger partial charge in [0, 0.05) is 12.1 Å². The summed E-state index contributed by atoms with van der Waals surface area (Å²) in [5, 5.41) is 3.22. The molecule has 0 aromatic heterocycles. The smallest absolute Gasteiger partial charge is 0.227 e. The minimum Gasteiger partial charge on any atom is -0.353 e. The minimum atomic E-state index is -0.317. The molecule has 1 amide bonds. The molecule has 0 aromatic carbocycles. The normalized spacial score (nSPS) is 43.6. The van der Waals surface area contributed by atoms with Crippen LogP contribution in [0.5, 0.6) is 0 Å². The summed E-state index contributed by atoms with van der Waals surface area (Å²) in [4.78, 5) is 12.3. The van der Waals surface area contributed by atoms with E-state index in [4.69, 9.17) is 5.73 Å². The fraction of sp³-hybridized carbons (Fsp3) is 0.923. The topological polar surface area (TPSA) is 55.1 Å². The van der Waals surface area contributed by atoms with Gasteiger partial charge >= 0.3 is 0 Å². The second-order valence-electron chi connectivity index (χ2n) is 5.90. The molecule has 0 spiro atoms. The maximum Gasteiger partial charge on any atom is 0.227 e. The van der Waals surface area contributed by atoms with Gasteiger partial charge in [0.25, 0.3) is 0 Å². The molecule has 0 aromatic rings. The summed E-state index contributed by atoms with van der Waals surface area (Å²) >= 11 is 0. The Morgan fingerprint density at radius 1 is 1.31 bits per heavy atom. The molecular weight excluding hydrogens is 200 g/mol. The van der Waals surface area contributed by atoms with E-state index >= 15 is 0 Å². The first-order valence-electron chi connectivity index (χ1n) is 6.60. The van der Waals surface area contributed by atoms with Crippen LogP contribution in [0.3, 0.4) is 0 Å². The molecule has 2 fully saturated rings. The molecule has 2 saturated carbocycles. The van der Waals surface area contributed by atoms with Crippen LogP contribution in [0.15, 0.2) is 0 Å². The van der Waals surface area contributed by atoms with Crippen molar-refractivity contribution in [3.63, 3.8) is 0 Å². The first-order chi connectivity index (χ1) is 7.54. The predicted octanol–water partition coefficient (Wildman–Crippen LogP) is 1.81. The summed E-state index contributed by atoms with van der Waals surface area (Å²) in [5.41, 5.74) is 5.75. The van der Waals surface area contributed by atoms with Gasteiger partial charge in [0.2, 0.25) is 5.91 Å². The lowest BCUT2D eigenvalue weighted by atomic mass is 9.83. The molecule has 0 bridgehead atoms. The van der Waals surface area contributed by atoms with E-state index in [1.165, 1.54) is 12.8 Å². The van der Waals surface area contributed by atoms with Crippen molar-refractivity contribution in [1.29, 1.82) is 0 Å².